The summed E-state index contributed by atoms with van der Waals surface area (Å²) in [6.07, 6.45) is 5.45. The summed E-state index contributed by atoms with van der Waals surface area (Å²) < 4.78 is 27.7. The Bertz CT molecular complexity index is 440. The molecule has 1 atom stereocenters. The van der Waals surface area contributed by atoms with Crippen LogP contribution in [0.1, 0.15) is 51.5 Å². The highest BCUT2D eigenvalue weighted by Gasteiger charge is 2.14. The Hall–Kier alpha value is -1.23. The molecule has 0 aromatic heterocycles. The van der Waals surface area contributed by atoms with Crippen molar-refractivity contribution in [3.05, 3.63) is 29.3 Å². The van der Waals surface area contributed by atoms with Gasteiger partial charge in [0.25, 0.3) is 0 Å². The van der Waals surface area contributed by atoms with Gasteiger partial charge in [-0.2, -0.15) is 0 Å². The Morgan fingerprint density at radius 2 is 1.85 bits per heavy atom. The fraction of sp³-hybridized carbons (Fsp3) is 0.533. The summed E-state index contributed by atoms with van der Waals surface area (Å²) in [6.45, 7) is 4.07. The normalized spacial score (nSPS) is 12.2. The topological polar surface area (TPSA) is 38.0 Å². The molecule has 3 N–H and O–H groups in total. The number of nitrogens with one attached hydrogen (secondary N) is 1. The number of hydrogen-bond acceptors (Lipinski definition) is 2. The van der Waals surface area contributed by atoms with Crippen LogP contribution in [-0.2, 0) is 0 Å². The highest BCUT2D eigenvalue weighted by molar-refractivity contribution is 7.80. The number of thiocarbonyl (C=S) groups is 1. The van der Waals surface area contributed by atoms with Crippen LogP contribution in [0, 0.1) is 11.6 Å². The fourth-order valence-electron chi connectivity index (χ4n) is 2.05. The van der Waals surface area contributed by atoms with Gasteiger partial charge in [0.15, 0.2) is 0 Å². The molecule has 0 aliphatic carbocycles. The zero-order valence-electron chi connectivity index (χ0n) is 12.0. The molecule has 0 aliphatic heterocycles. The molecule has 0 radical (unpaired) electrons. The molecule has 5 heteroatoms. The number of rotatable bonds is 8. The molecule has 0 spiro atoms. The second-order valence-electron chi connectivity index (χ2n) is 5.07. The van der Waals surface area contributed by atoms with Crippen LogP contribution in [0.3, 0.4) is 0 Å². The third kappa shape index (κ3) is 5.04. The molecule has 112 valence electrons. The van der Waals surface area contributed by atoms with E-state index in [-0.39, 0.29) is 22.3 Å². The average Bonchev–Trinajstić information content (AvgIpc) is 2.38. The average molecular weight is 300 g/mol. The number of hydrogen-bond donors (Lipinski definition) is 2. The van der Waals surface area contributed by atoms with E-state index in [1.54, 1.807) is 0 Å². The van der Waals surface area contributed by atoms with Crippen LogP contribution in [0.5, 0.6) is 0 Å². The van der Waals surface area contributed by atoms with E-state index >= 15 is 0 Å². The molecule has 0 fully saturated rings. The largest absolute Gasteiger partial charge is 0.389 e. The van der Waals surface area contributed by atoms with E-state index in [0.717, 1.165) is 31.4 Å². The predicted octanol–water partition coefficient (Wildman–Crippen LogP) is 4.37. The van der Waals surface area contributed by atoms with Gasteiger partial charge in [-0.15, -0.1) is 0 Å². The van der Waals surface area contributed by atoms with Gasteiger partial charge in [0.2, 0.25) is 0 Å². The first-order chi connectivity index (χ1) is 9.45. The summed E-state index contributed by atoms with van der Waals surface area (Å²) in [5.74, 6) is -1.32. The van der Waals surface area contributed by atoms with Crippen molar-refractivity contribution < 1.29 is 8.78 Å². The van der Waals surface area contributed by atoms with Gasteiger partial charge in [-0.3, -0.25) is 0 Å². The van der Waals surface area contributed by atoms with E-state index in [4.69, 9.17) is 18.0 Å². The van der Waals surface area contributed by atoms with E-state index in [1.807, 2.05) is 6.92 Å². The summed E-state index contributed by atoms with van der Waals surface area (Å²) in [4.78, 5) is -0.0121. The third-order valence-corrected chi connectivity index (χ3v) is 3.44. The first-order valence-corrected chi connectivity index (χ1v) is 7.42. The Labute approximate surface area is 124 Å². The number of anilines is 1. The van der Waals surface area contributed by atoms with Gasteiger partial charge in [0, 0.05) is 11.6 Å². The van der Waals surface area contributed by atoms with Crippen molar-refractivity contribution >= 4 is 22.9 Å². The molecule has 2 nitrogen and oxygen atoms in total. The minimum Gasteiger partial charge on any atom is -0.389 e. The minimum absolute atomic E-state index is 0.0121. The predicted molar refractivity (Wildman–Crippen MR) is 84.1 cm³/mol. The van der Waals surface area contributed by atoms with Crippen molar-refractivity contribution in [2.75, 3.05) is 5.32 Å². The molecular weight excluding hydrogens is 278 g/mol. The maximum Gasteiger partial charge on any atom is 0.150 e. The van der Waals surface area contributed by atoms with Gasteiger partial charge < -0.3 is 11.1 Å². The maximum atomic E-state index is 13.9. The highest BCUT2D eigenvalue weighted by atomic mass is 32.1. The van der Waals surface area contributed by atoms with Crippen molar-refractivity contribution in [2.24, 2.45) is 5.73 Å². The van der Waals surface area contributed by atoms with Gasteiger partial charge in [0.1, 0.15) is 22.3 Å². The fourth-order valence-corrected chi connectivity index (χ4v) is 2.17. The first-order valence-electron chi connectivity index (χ1n) is 7.01. The quantitative estimate of drug-likeness (QED) is 0.553. The molecular formula is C15H22F2N2S. The van der Waals surface area contributed by atoms with Crippen LogP contribution in [0.25, 0.3) is 0 Å². The molecule has 20 heavy (non-hydrogen) atoms. The molecule has 0 bridgehead atoms. The van der Waals surface area contributed by atoms with Gasteiger partial charge in [-0.1, -0.05) is 44.8 Å². The van der Waals surface area contributed by atoms with Crippen molar-refractivity contribution in [3.63, 3.8) is 0 Å². The molecule has 1 aromatic rings. The van der Waals surface area contributed by atoms with Crippen LogP contribution < -0.4 is 11.1 Å². The van der Waals surface area contributed by atoms with E-state index < -0.39 is 11.6 Å². The van der Waals surface area contributed by atoms with Crippen molar-refractivity contribution in [1.82, 2.24) is 0 Å². The lowest BCUT2D eigenvalue weighted by atomic mass is 10.1. The van der Waals surface area contributed by atoms with Gasteiger partial charge in [-0.25, -0.2) is 8.78 Å². The van der Waals surface area contributed by atoms with Crippen LogP contribution >= 0.6 is 12.2 Å². The standard InChI is InChI=1S/C15H22F2N2S/c1-3-4-5-6-7-10(2)19-14-12(16)8-11(15(18)20)9-13(14)17/h8-10,19H,3-7H2,1-2H3,(H2,18,20). The van der Waals surface area contributed by atoms with Crippen molar-refractivity contribution in [2.45, 2.75) is 52.0 Å². The summed E-state index contributed by atoms with van der Waals surface area (Å²) in [6, 6.07) is 2.35. The Morgan fingerprint density at radius 3 is 2.35 bits per heavy atom. The lowest BCUT2D eigenvalue weighted by Gasteiger charge is -2.17. The summed E-state index contributed by atoms with van der Waals surface area (Å²) >= 11 is 4.72. The van der Waals surface area contributed by atoms with Crippen LogP contribution in [0.2, 0.25) is 0 Å². The zero-order valence-corrected chi connectivity index (χ0v) is 12.8. The first kappa shape index (κ1) is 16.8. The van der Waals surface area contributed by atoms with Crippen LogP contribution in [0.4, 0.5) is 14.5 Å². The van der Waals surface area contributed by atoms with E-state index in [0.29, 0.717) is 0 Å². The van der Waals surface area contributed by atoms with E-state index in [9.17, 15) is 8.78 Å². The summed E-state index contributed by atoms with van der Waals surface area (Å²) in [5.41, 5.74) is 5.48. The zero-order chi connectivity index (χ0) is 15.1. The number of nitrogens with two attached hydrogens (primary N) is 1. The second-order valence-corrected chi connectivity index (χ2v) is 5.51. The Morgan fingerprint density at radius 1 is 1.25 bits per heavy atom. The highest BCUT2D eigenvalue weighted by Crippen LogP contribution is 2.22. The Kier molecular flexibility index (Phi) is 6.85. The minimum atomic E-state index is -0.659. The lowest BCUT2D eigenvalue weighted by molar-refractivity contribution is 0.565. The molecule has 0 saturated carbocycles. The second kappa shape index (κ2) is 8.15. The lowest BCUT2D eigenvalue weighted by Crippen LogP contribution is -2.18. The van der Waals surface area contributed by atoms with Crippen molar-refractivity contribution in [3.8, 4) is 0 Å². The number of unbranched alkanes of at least 4 members (excludes halogenated alkanes) is 3. The SMILES string of the molecule is CCCCCCC(C)Nc1c(F)cc(C(N)=S)cc1F. The molecule has 0 saturated heterocycles. The van der Waals surface area contributed by atoms with E-state index in [2.05, 4.69) is 12.2 Å². The maximum absolute atomic E-state index is 13.9. The van der Waals surface area contributed by atoms with Crippen LogP contribution in [0.15, 0.2) is 12.1 Å². The molecule has 0 aliphatic rings. The smallest absolute Gasteiger partial charge is 0.150 e. The molecule has 0 amide bonds. The molecule has 1 unspecified atom stereocenters. The molecule has 1 aromatic carbocycles. The summed E-state index contributed by atoms with van der Waals surface area (Å²) in [5, 5.41) is 2.89. The Balaban J connectivity index is 2.65. The molecule has 0 heterocycles. The van der Waals surface area contributed by atoms with Gasteiger partial charge >= 0.3 is 0 Å². The third-order valence-electron chi connectivity index (χ3n) is 3.21. The summed E-state index contributed by atoms with van der Waals surface area (Å²) in [7, 11) is 0. The monoisotopic (exact) mass is 300 g/mol. The van der Waals surface area contributed by atoms with Gasteiger partial charge in [0.05, 0.1) is 0 Å². The van der Waals surface area contributed by atoms with E-state index in [1.165, 1.54) is 12.8 Å². The number of halogens is 2. The van der Waals surface area contributed by atoms with Crippen molar-refractivity contribution in [1.29, 1.82) is 0 Å². The van der Waals surface area contributed by atoms with Gasteiger partial charge in [-0.05, 0) is 25.5 Å². The molecule has 1 rings (SSSR count). The number of benzene rings is 1. The van der Waals surface area contributed by atoms with Crippen LogP contribution in [-0.4, -0.2) is 11.0 Å².